The highest BCUT2D eigenvalue weighted by Gasteiger charge is 2.00. The molecule has 0 spiro atoms. The SMILES string of the molecule is CCc1nnc(NCCc2ccccc2)s1. The first kappa shape index (κ1) is 11.1. The molecule has 0 radical (unpaired) electrons. The summed E-state index contributed by atoms with van der Waals surface area (Å²) in [6.07, 6.45) is 1.97. The fourth-order valence-corrected chi connectivity index (χ4v) is 2.13. The summed E-state index contributed by atoms with van der Waals surface area (Å²) in [5.74, 6) is 0. The number of anilines is 1. The summed E-state index contributed by atoms with van der Waals surface area (Å²) in [5.41, 5.74) is 1.34. The Kier molecular flexibility index (Phi) is 3.88. The first-order valence-electron chi connectivity index (χ1n) is 5.48. The Morgan fingerprint density at radius 2 is 2.00 bits per heavy atom. The van der Waals surface area contributed by atoms with Gasteiger partial charge in [-0.05, 0) is 18.4 Å². The summed E-state index contributed by atoms with van der Waals surface area (Å²) in [6, 6.07) is 10.4. The maximum Gasteiger partial charge on any atom is 0.205 e. The van der Waals surface area contributed by atoms with Crippen molar-refractivity contribution in [2.75, 3.05) is 11.9 Å². The Balaban J connectivity index is 1.80. The molecule has 2 aromatic rings. The maximum atomic E-state index is 4.08. The van der Waals surface area contributed by atoms with Crippen LogP contribution in [0.2, 0.25) is 0 Å². The molecule has 0 aliphatic heterocycles. The zero-order chi connectivity index (χ0) is 11.2. The van der Waals surface area contributed by atoms with Crippen molar-refractivity contribution >= 4 is 16.5 Å². The second-order valence-electron chi connectivity index (χ2n) is 3.52. The lowest BCUT2D eigenvalue weighted by Gasteiger charge is -2.01. The average molecular weight is 233 g/mol. The maximum absolute atomic E-state index is 4.08. The van der Waals surface area contributed by atoms with Crippen LogP contribution in [0.15, 0.2) is 30.3 Å². The Bertz CT molecular complexity index is 425. The van der Waals surface area contributed by atoms with Gasteiger partial charge in [0.2, 0.25) is 5.13 Å². The van der Waals surface area contributed by atoms with Gasteiger partial charge in [0.25, 0.3) is 0 Å². The van der Waals surface area contributed by atoms with Gasteiger partial charge < -0.3 is 5.32 Å². The molecule has 4 heteroatoms. The molecule has 3 nitrogen and oxygen atoms in total. The highest BCUT2D eigenvalue weighted by atomic mass is 32.1. The third-order valence-corrected chi connectivity index (χ3v) is 3.33. The summed E-state index contributed by atoms with van der Waals surface area (Å²) >= 11 is 1.63. The lowest BCUT2D eigenvalue weighted by molar-refractivity contribution is 0.962. The van der Waals surface area contributed by atoms with Crippen LogP contribution in [0.25, 0.3) is 0 Å². The third-order valence-electron chi connectivity index (χ3n) is 2.30. The van der Waals surface area contributed by atoms with Gasteiger partial charge in [0, 0.05) is 6.54 Å². The second kappa shape index (κ2) is 5.61. The predicted molar refractivity (Wildman–Crippen MR) is 67.9 cm³/mol. The molecule has 16 heavy (non-hydrogen) atoms. The molecule has 84 valence electrons. The van der Waals surface area contributed by atoms with E-state index >= 15 is 0 Å². The normalized spacial score (nSPS) is 10.3. The van der Waals surface area contributed by atoms with Gasteiger partial charge in [0.15, 0.2) is 0 Å². The number of benzene rings is 1. The smallest absolute Gasteiger partial charge is 0.205 e. The fraction of sp³-hybridized carbons (Fsp3) is 0.333. The van der Waals surface area contributed by atoms with Crippen molar-refractivity contribution < 1.29 is 0 Å². The van der Waals surface area contributed by atoms with Crippen LogP contribution in [0.4, 0.5) is 5.13 Å². The van der Waals surface area contributed by atoms with Gasteiger partial charge in [0.1, 0.15) is 5.01 Å². The molecule has 0 fully saturated rings. The van der Waals surface area contributed by atoms with Crippen molar-refractivity contribution in [2.24, 2.45) is 0 Å². The van der Waals surface area contributed by atoms with Crippen LogP contribution in [0, 0.1) is 0 Å². The molecule has 0 saturated carbocycles. The van der Waals surface area contributed by atoms with E-state index in [1.807, 2.05) is 6.07 Å². The van der Waals surface area contributed by atoms with Crippen LogP contribution in [-0.2, 0) is 12.8 Å². The van der Waals surface area contributed by atoms with Gasteiger partial charge in [-0.2, -0.15) is 0 Å². The van der Waals surface area contributed by atoms with Crippen molar-refractivity contribution in [3.05, 3.63) is 40.9 Å². The van der Waals surface area contributed by atoms with Crippen LogP contribution in [0.3, 0.4) is 0 Å². The number of aromatic nitrogens is 2. The van der Waals surface area contributed by atoms with Crippen molar-refractivity contribution in [1.29, 1.82) is 0 Å². The van der Waals surface area contributed by atoms with Gasteiger partial charge in [-0.25, -0.2) is 0 Å². The molecular weight excluding hydrogens is 218 g/mol. The van der Waals surface area contributed by atoms with Gasteiger partial charge in [-0.1, -0.05) is 48.6 Å². The molecule has 0 aliphatic carbocycles. The Morgan fingerprint density at radius 1 is 1.19 bits per heavy atom. The van der Waals surface area contributed by atoms with E-state index in [0.29, 0.717) is 0 Å². The minimum Gasteiger partial charge on any atom is -0.360 e. The average Bonchev–Trinajstić information content (AvgIpc) is 2.78. The molecule has 0 aliphatic rings. The molecule has 0 atom stereocenters. The summed E-state index contributed by atoms with van der Waals surface area (Å²) < 4.78 is 0. The molecule has 1 N–H and O–H groups in total. The molecule has 1 aromatic carbocycles. The number of nitrogens with one attached hydrogen (secondary N) is 1. The van der Waals surface area contributed by atoms with Crippen molar-refractivity contribution in [1.82, 2.24) is 10.2 Å². The number of rotatable bonds is 5. The lowest BCUT2D eigenvalue weighted by atomic mass is 10.2. The zero-order valence-electron chi connectivity index (χ0n) is 9.31. The molecule has 0 unspecified atom stereocenters. The van der Waals surface area contributed by atoms with Crippen molar-refractivity contribution in [2.45, 2.75) is 19.8 Å². The lowest BCUT2D eigenvalue weighted by Crippen LogP contribution is -2.04. The zero-order valence-corrected chi connectivity index (χ0v) is 10.1. The van der Waals surface area contributed by atoms with Crippen LogP contribution in [-0.4, -0.2) is 16.7 Å². The first-order chi connectivity index (χ1) is 7.88. The van der Waals surface area contributed by atoms with Crippen molar-refractivity contribution in [3.63, 3.8) is 0 Å². The minimum absolute atomic E-state index is 0.905. The van der Waals surface area contributed by atoms with E-state index in [9.17, 15) is 0 Å². The van der Waals surface area contributed by atoms with E-state index in [-0.39, 0.29) is 0 Å². The molecule has 1 aromatic heterocycles. The minimum atomic E-state index is 0.905. The quantitative estimate of drug-likeness (QED) is 0.863. The molecule has 0 bridgehead atoms. The molecule has 1 heterocycles. The summed E-state index contributed by atoms with van der Waals surface area (Å²) in [6.45, 7) is 3.00. The number of hydrogen-bond donors (Lipinski definition) is 1. The fourth-order valence-electron chi connectivity index (χ4n) is 1.43. The van der Waals surface area contributed by atoms with Crippen LogP contribution < -0.4 is 5.32 Å². The Labute approximate surface area is 99.5 Å². The molecular formula is C12H15N3S. The monoisotopic (exact) mass is 233 g/mol. The number of nitrogens with zero attached hydrogens (tertiary/aromatic N) is 2. The molecule has 0 amide bonds. The summed E-state index contributed by atoms with van der Waals surface area (Å²) in [7, 11) is 0. The van der Waals surface area contributed by atoms with Crippen LogP contribution in [0.1, 0.15) is 17.5 Å². The summed E-state index contributed by atoms with van der Waals surface area (Å²) in [5, 5.41) is 13.4. The topological polar surface area (TPSA) is 37.8 Å². The van der Waals surface area contributed by atoms with E-state index in [4.69, 9.17) is 0 Å². The predicted octanol–water partition coefficient (Wildman–Crippen LogP) is 2.76. The van der Waals surface area contributed by atoms with Gasteiger partial charge in [-0.3, -0.25) is 0 Å². The molecule has 2 rings (SSSR count). The largest absolute Gasteiger partial charge is 0.360 e. The highest BCUT2D eigenvalue weighted by Crippen LogP contribution is 2.15. The van der Waals surface area contributed by atoms with E-state index < -0.39 is 0 Å². The van der Waals surface area contributed by atoms with E-state index in [1.54, 1.807) is 11.3 Å². The van der Waals surface area contributed by atoms with Crippen molar-refractivity contribution in [3.8, 4) is 0 Å². The van der Waals surface area contributed by atoms with Crippen LogP contribution in [0.5, 0.6) is 0 Å². The number of aryl methyl sites for hydroxylation is 1. The summed E-state index contributed by atoms with van der Waals surface area (Å²) in [4.78, 5) is 0. The first-order valence-corrected chi connectivity index (χ1v) is 6.30. The number of hydrogen-bond acceptors (Lipinski definition) is 4. The van der Waals surface area contributed by atoms with Gasteiger partial charge >= 0.3 is 0 Å². The Hall–Kier alpha value is -1.42. The second-order valence-corrected chi connectivity index (χ2v) is 4.58. The standard InChI is InChI=1S/C12H15N3S/c1-2-11-14-15-12(16-11)13-9-8-10-6-4-3-5-7-10/h3-7H,2,8-9H2,1H3,(H,13,15). The Morgan fingerprint density at radius 3 is 2.69 bits per heavy atom. The van der Waals surface area contributed by atoms with E-state index in [0.717, 1.165) is 29.5 Å². The van der Waals surface area contributed by atoms with E-state index in [2.05, 4.69) is 46.7 Å². The van der Waals surface area contributed by atoms with Gasteiger partial charge in [0.05, 0.1) is 0 Å². The van der Waals surface area contributed by atoms with E-state index in [1.165, 1.54) is 5.56 Å². The van der Waals surface area contributed by atoms with Gasteiger partial charge in [-0.15, -0.1) is 10.2 Å². The third kappa shape index (κ3) is 3.03. The highest BCUT2D eigenvalue weighted by molar-refractivity contribution is 7.15. The van der Waals surface area contributed by atoms with Crippen LogP contribution >= 0.6 is 11.3 Å². The molecule has 0 saturated heterocycles.